The van der Waals surface area contributed by atoms with Gasteiger partial charge in [0.15, 0.2) is 13.9 Å². The van der Waals surface area contributed by atoms with E-state index in [0.29, 0.717) is 25.1 Å². The Bertz CT molecular complexity index is 1070. The molecule has 0 radical (unpaired) electrons. The van der Waals surface area contributed by atoms with Crippen molar-refractivity contribution in [3.63, 3.8) is 0 Å². The molecule has 0 aliphatic carbocycles. The maximum atomic E-state index is 13.8. The van der Waals surface area contributed by atoms with Crippen molar-refractivity contribution in [2.24, 2.45) is 5.92 Å². The number of fused-ring (bicyclic) bond motifs is 2. The fraction of sp³-hybridized carbons (Fsp3) is 0.640. The summed E-state index contributed by atoms with van der Waals surface area (Å²) in [7, 11) is -1.16. The standard InChI is InChI=1S/C25H35N3O6Si/c1-15-23(35(3,4)33)20(13-22(31)27-10-5-6-17(27)14-29)34-25(15)18-12-16(28-11-9-21(28)30)7-8-19(18)26(2)24(25)32/h7-8,12,15,17,20,23,29,33H,5-6,9-11,13-14H2,1-4H3/t15-,17+,20+,23-,25+/m1/s1. The van der Waals surface area contributed by atoms with E-state index in [1.54, 1.807) is 21.7 Å². The van der Waals surface area contributed by atoms with Crippen LogP contribution in [0.1, 0.15) is 38.2 Å². The number of nitrogens with zero attached hydrogens (tertiary/aromatic N) is 3. The lowest BCUT2D eigenvalue weighted by Gasteiger charge is -2.33. The Balaban J connectivity index is 1.53. The third-order valence-corrected chi connectivity index (χ3v) is 11.0. The van der Waals surface area contributed by atoms with Gasteiger partial charge in [-0.1, -0.05) is 6.92 Å². The lowest BCUT2D eigenvalue weighted by Crippen LogP contribution is -2.46. The molecule has 1 aromatic rings. The quantitative estimate of drug-likeness (QED) is 0.468. The molecule has 5 atom stereocenters. The van der Waals surface area contributed by atoms with Gasteiger partial charge in [-0.15, -0.1) is 0 Å². The molecule has 3 saturated heterocycles. The summed E-state index contributed by atoms with van der Waals surface area (Å²) in [4.78, 5) is 55.5. The van der Waals surface area contributed by atoms with Crippen LogP contribution in [0.3, 0.4) is 0 Å². The van der Waals surface area contributed by atoms with Crippen LogP contribution in [-0.2, 0) is 24.7 Å². The summed E-state index contributed by atoms with van der Waals surface area (Å²) in [5.41, 5.74) is 0.485. The van der Waals surface area contributed by atoms with Gasteiger partial charge in [-0.2, -0.15) is 0 Å². The highest BCUT2D eigenvalue weighted by Gasteiger charge is 2.66. The molecule has 3 fully saturated rings. The molecule has 10 heteroatoms. The molecule has 0 aromatic heterocycles. The van der Waals surface area contributed by atoms with E-state index in [1.807, 2.05) is 38.2 Å². The molecule has 1 aromatic carbocycles. The zero-order valence-corrected chi connectivity index (χ0v) is 21.9. The molecular weight excluding hydrogens is 466 g/mol. The molecule has 4 aliphatic rings. The number of aliphatic hydroxyl groups excluding tert-OH is 1. The van der Waals surface area contributed by atoms with Crippen molar-refractivity contribution in [1.29, 1.82) is 0 Å². The zero-order chi connectivity index (χ0) is 25.3. The number of hydrogen-bond acceptors (Lipinski definition) is 6. The summed E-state index contributed by atoms with van der Waals surface area (Å²) < 4.78 is 6.65. The maximum Gasteiger partial charge on any atom is 0.264 e. The number of likely N-dealkylation sites (tertiary alicyclic amines) is 1. The van der Waals surface area contributed by atoms with Crippen LogP contribution in [0, 0.1) is 5.92 Å². The second kappa shape index (κ2) is 8.40. The average molecular weight is 502 g/mol. The minimum Gasteiger partial charge on any atom is -0.432 e. The molecule has 0 bridgehead atoms. The van der Waals surface area contributed by atoms with Crippen molar-refractivity contribution in [2.75, 3.05) is 36.5 Å². The monoisotopic (exact) mass is 501 g/mol. The number of amides is 3. The number of benzene rings is 1. The Morgan fingerprint density at radius 3 is 2.60 bits per heavy atom. The summed E-state index contributed by atoms with van der Waals surface area (Å²) in [6.45, 7) is 6.77. The highest BCUT2D eigenvalue weighted by Crippen LogP contribution is 2.59. The van der Waals surface area contributed by atoms with Gasteiger partial charge in [0.1, 0.15) is 0 Å². The van der Waals surface area contributed by atoms with Gasteiger partial charge in [-0.25, -0.2) is 0 Å². The molecule has 1 spiro atoms. The van der Waals surface area contributed by atoms with Gasteiger partial charge in [-0.05, 0) is 44.1 Å². The number of likely N-dealkylation sites (N-methyl/N-ethyl adjacent to an activating group) is 1. The van der Waals surface area contributed by atoms with Crippen molar-refractivity contribution in [3.05, 3.63) is 23.8 Å². The van der Waals surface area contributed by atoms with E-state index in [-0.39, 0.29) is 48.3 Å². The number of carbonyl (C=O) groups is 3. The Morgan fingerprint density at radius 2 is 2.00 bits per heavy atom. The van der Waals surface area contributed by atoms with Crippen LogP contribution in [0.25, 0.3) is 0 Å². The van der Waals surface area contributed by atoms with Crippen LogP contribution >= 0.6 is 0 Å². The molecule has 0 unspecified atom stereocenters. The largest absolute Gasteiger partial charge is 0.432 e. The molecule has 4 heterocycles. The first-order chi connectivity index (χ1) is 16.5. The molecular formula is C25H35N3O6Si. The number of anilines is 2. The van der Waals surface area contributed by atoms with E-state index >= 15 is 0 Å². The van der Waals surface area contributed by atoms with E-state index in [4.69, 9.17) is 4.74 Å². The van der Waals surface area contributed by atoms with Crippen LogP contribution in [0.2, 0.25) is 18.6 Å². The summed E-state index contributed by atoms with van der Waals surface area (Å²) in [6.07, 6.45) is 1.56. The second-order valence-corrected chi connectivity index (χ2v) is 15.0. The molecule has 0 saturated carbocycles. The normalized spacial score (nSPS) is 32.6. The van der Waals surface area contributed by atoms with Gasteiger partial charge < -0.3 is 29.3 Å². The third kappa shape index (κ3) is 3.56. The van der Waals surface area contributed by atoms with E-state index in [9.17, 15) is 24.3 Å². The minimum absolute atomic E-state index is 0.0476. The number of ether oxygens (including phenoxy) is 1. The predicted molar refractivity (Wildman–Crippen MR) is 132 cm³/mol. The molecule has 4 aliphatic heterocycles. The molecule has 5 rings (SSSR count). The summed E-state index contributed by atoms with van der Waals surface area (Å²) in [6, 6.07) is 5.39. The van der Waals surface area contributed by atoms with Crippen LogP contribution in [0.15, 0.2) is 18.2 Å². The first-order valence-electron chi connectivity index (χ1n) is 12.5. The average Bonchev–Trinajstić information content (AvgIpc) is 3.44. The van der Waals surface area contributed by atoms with Gasteiger partial charge in [0.05, 0.1) is 30.9 Å². The number of carbonyl (C=O) groups excluding carboxylic acids is 3. The van der Waals surface area contributed by atoms with Crippen LogP contribution < -0.4 is 9.80 Å². The maximum absolute atomic E-state index is 13.8. The van der Waals surface area contributed by atoms with E-state index in [0.717, 1.165) is 24.2 Å². The van der Waals surface area contributed by atoms with Crippen molar-refractivity contribution in [3.8, 4) is 0 Å². The third-order valence-electron chi connectivity index (χ3n) is 8.54. The number of β-lactam (4-membered cyclic amide) rings is 1. The van der Waals surface area contributed by atoms with E-state index in [2.05, 4.69) is 0 Å². The number of aliphatic hydroxyl groups is 1. The van der Waals surface area contributed by atoms with Gasteiger partial charge in [-0.3, -0.25) is 14.4 Å². The van der Waals surface area contributed by atoms with Gasteiger partial charge in [0.25, 0.3) is 5.91 Å². The molecule has 190 valence electrons. The van der Waals surface area contributed by atoms with Crippen molar-refractivity contribution >= 4 is 37.4 Å². The summed E-state index contributed by atoms with van der Waals surface area (Å²) in [5, 5.41) is 9.69. The fourth-order valence-electron chi connectivity index (χ4n) is 6.77. The van der Waals surface area contributed by atoms with Crippen LogP contribution in [0.5, 0.6) is 0 Å². The summed E-state index contributed by atoms with van der Waals surface area (Å²) >= 11 is 0. The highest BCUT2D eigenvalue weighted by atomic mass is 28.4. The molecule has 35 heavy (non-hydrogen) atoms. The number of rotatable bonds is 5. The molecule has 3 amide bonds. The van der Waals surface area contributed by atoms with E-state index in [1.165, 1.54) is 0 Å². The predicted octanol–water partition coefficient (Wildman–Crippen LogP) is 1.57. The topological polar surface area (TPSA) is 111 Å². The highest BCUT2D eigenvalue weighted by molar-refractivity contribution is 6.71. The lowest BCUT2D eigenvalue weighted by molar-refractivity contribution is -0.149. The Hall–Kier alpha value is -2.27. The first-order valence-corrected chi connectivity index (χ1v) is 15.6. The SMILES string of the molecule is C[C@@H]1[C@@H]([Si](C)(C)O)[C@H](CC(=O)N2CCC[C@H]2CO)O[C@@]12C(=O)N(C)c1ccc(N3CCC3=O)cc12. The molecule has 2 N–H and O–H groups in total. The Kier molecular flexibility index (Phi) is 5.86. The van der Waals surface area contributed by atoms with Gasteiger partial charge >= 0.3 is 0 Å². The number of hydrogen-bond donors (Lipinski definition) is 2. The van der Waals surface area contributed by atoms with Crippen molar-refractivity contribution in [1.82, 2.24) is 4.90 Å². The van der Waals surface area contributed by atoms with Gasteiger partial charge in [0, 0.05) is 49.3 Å². The Labute approximate surface area is 206 Å². The fourth-order valence-corrected chi connectivity index (χ4v) is 9.32. The van der Waals surface area contributed by atoms with Crippen LogP contribution in [0.4, 0.5) is 11.4 Å². The molecule has 9 nitrogen and oxygen atoms in total. The van der Waals surface area contributed by atoms with E-state index < -0.39 is 20.0 Å². The van der Waals surface area contributed by atoms with Crippen molar-refractivity contribution in [2.45, 2.75) is 69.0 Å². The van der Waals surface area contributed by atoms with Crippen LogP contribution in [-0.4, -0.2) is 79.7 Å². The summed E-state index contributed by atoms with van der Waals surface area (Å²) in [5.74, 6) is -0.637. The second-order valence-electron chi connectivity index (χ2n) is 11.0. The lowest BCUT2D eigenvalue weighted by atomic mass is 9.82. The zero-order valence-electron chi connectivity index (χ0n) is 20.9. The first kappa shape index (κ1) is 24.4. The van der Waals surface area contributed by atoms with Crippen molar-refractivity contribution < 1.29 is 29.0 Å². The minimum atomic E-state index is -2.87. The smallest absolute Gasteiger partial charge is 0.264 e. The van der Waals surface area contributed by atoms with Gasteiger partial charge in [0.2, 0.25) is 11.8 Å². The Morgan fingerprint density at radius 1 is 1.26 bits per heavy atom.